The van der Waals surface area contributed by atoms with E-state index in [9.17, 15) is 9.59 Å². The fourth-order valence-corrected chi connectivity index (χ4v) is 3.47. The van der Waals surface area contributed by atoms with Gasteiger partial charge in [-0.25, -0.2) is 14.6 Å². The van der Waals surface area contributed by atoms with Crippen molar-refractivity contribution in [3.8, 4) is 0 Å². The molecule has 0 amide bonds. The summed E-state index contributed by atoms with van der Waals surface area (Å²) in [7, 11) is 0. The van der Waals surface area contributed by atoms with E-state index in [1.165, 1.54) is 44.9 Å². The predicted octanol–water partition coefficient (Wildman–Crippen LogP) is -2.86. The van der Waals surface area contributed by atoms with Gasteiger partial charge in [-0.1, -0.05) is 58.3 Å². The molecule has 1 heterocycles. The van der Waals surface area contributed by atoms with E-state index < -0.39 is 11.9 Å². The Kier molecular flexibility index (Phi) is 22.1. The Morgan fingerprint density at radius 1 is 0.889 bits per heavy atom. The minimum Gasteiger partial charge on any atom is -0.870 e. The van der Waals surface area contributed by atoms with E-state index in [1.54, 1.807) is 0 Å². The number of unbranched alkanes of at least 4 members (excludes halogenated alkanes) is 8. The molecule has 7 nitrogen and oxygen atoms in total. The zero-order chi connectivity index (χ0) is 17.8. The van der Waals surface area contributed by atoms with Crippen molar-refractivity contribution in [3.63, 3.8) is 0 Å². The second-order valence-electron chi connectivity index (χ2n) is 6.85. The third kappa shape index (κ3) is 13.4. The van der Waals surface area contributed by atoms with Crippen LogP contribution in [0.1, 0.15) is 71.1 Å². The van der Waals surface area contributed by atoms with Gasteiger partial charge in [0.25, 0.3) is 0 Å². The van der Waals surface area contributed by atoms with Crippen LogP contribution in [0.4, 0.5) is 0 Å². The molecule has 27 heavy (non-hydrogen) atoms. The number of aliphatic imine (C=N–C) groups is 1. The molecule has 1 aliphatic heterocycles. The molecule has 0 spiro atoms. The van der Waals surface area contributed by atoms with Crippen LogP contribution >= 0.6 is 0 Å². The molecule has 1 aliphatic rings. The maximum absolute atomic E-state index is 11.1. The maximum atomic E-state index is 11.1. The Morgan fingerprint density at radius 3 is 1.78 bits per heavy atom. The molecular formula is C18H34N2Na2O5+2. The Labute approximate surface area is 207 Å². The van der Waals surface area contributed by atoms with Crippen LogP contribution in [0.25, 0.3) is 0 Å². The first-order valence-corrected chi connectivity index (χ1v) is 9.34. The summed E-state index contributed by atoms with van der Waals surface area (Å²) >= 11 is 0. The van der Waals surface area contributed by atoms with Crippen molar-refractivity contribution in [2.24, 2.45) is 4.99 Å². The van der Waals surface area contributed by atoms with E-state index in [0.29, 0.717) is 13.1 Å². The monoisotopic (exact) mass is 404 g/mol. The van der Waals surface area contributed by atoms with Crippen LogP contribution in [0.5, 0.6) is 0 Å². The van der Waals surface area contributed by atoms with Crippen molar-refractivity contribution >= 4 is 17.8 Å². The quantitative estimate of drug-likeness (QED) is 0.183. The van der Waals surface area contributed by atoms with E-state index in [1.807, 2.05) is 0 Å². The van der Waals surface area contributed by atoms with Gasteiger partial charge in [-0.15, -0.1) is 0 Å². The summed E-state index contributed by atoms with van der Waals surface area (Å²) in [5.74, 6) is -1.15. The van der Waals surface area contributed by atoms with Gasteiger partial charge >= 0.3 is 71.1 Å². The number of carboxylic acid groups (broad SMARTS) is 2. The number of hydrogen-bond donors (Lipinski definition) is 2. The third-order valence-corrected chi connectivity index (χ3v) is 4.75. The molecule has 0 bridgehead atoms. The summed E-state index contributed by atoms with van der Waals surface area (Å²) in [6.07, 6.45) is 11.8. The number of hydrogen-bond acceptors (Lipinski definition) is 4. The molecule has 0 unspecified atom stereocenters. The number of carbonyl (C=O) groups is 2. The first-order valence-electron chi connectivity index (χ1n) is 9.34. The molecule has 146 valence electrons. The number of quaternary nitrogens is 1. The fourth-order valence-electron chi connectivity index (χ4n) is 3.47. The molecule has 9 heteroatoms. The van der Waals surface area contributed by atoms with Gasteiger partial charge in [0.2, 0.25) is 0 Å². The standard InChI is InChI=1S/C18H32N2O4.2Na.H2O/c1-2-3-4-5-6-7-8-9-10-11-16-19-12-13-20(16,14-17(21)22)15-18(23)24;;;/h2-15H2,1H3,(H-,21,22,23,24);;;1H2/q;2*+1;. The normalized spacial score (nSPS) is 14.3. The molecule has 1 rings (SSSR count). The average Bonchev–Trinajstić information content (AvgIpc) is 2.86. The molecule has 0 aromatic carbocycles. The Balaban J connectivity index is -0.00000192. The first kappa shape index (κ1) is 32.2. The molecule has 0 saturated carbocycles. The second kappa shape index (κ2) is 18.6. The van der Waals surface area contributed by atoms with E-state index in [2.05, 4.69) is 11.9 Å². The Bertz CT molecular complexity index is 431. The van der Waals surface area contributed by atoms with Crippen LogP contribution in [-0.2, 0) is 9.59 Å². The van der Waals surface area contributed by atoms with Crippen LogP contribution in [-0.4, -0.2) is 64.1 Å². The first-order chi connectivity index (χ1) is 11.5. The van der Waals surface area contributed by atoms with E-state index >= 15 is 0 Å². The van der Waals surface area contributed by atoms with Gasteiger partial charge in [0, 0.05) is 6.42 Å². The molecule has 0 saturated heterocycles. The van der Waals surface area contributed by atoms with Gasteiger partial charge in [0.1, 0.15) is 6.54 Å². The Morgan fingerprint density at radius 2 is 1.33 bits per heavy atom. The molecular weight excluding hydrogens is 370 g/mol. The van der Waals surface area contributed by atoms with E-state index in [0.717, 1.165) is 25.1 Å². The minimum absolute atomic E-state index is 0. The average molecular weight is 404 g/mol. The summed E-state index contributed by atoms with van der Waals surface area (Å²) in [4.78, 5) is 26.7. The van der Waals surface area contributed by atoms with Crippen LogP contribution in [0.15, 0.2) is 4.99 Å². The summed E-state index contributed by atoms with van der Waals surface area (Å²) in [6, 6.07) is 0. The van der Waals surface area contributed by atoms with Gasteiger partial charge in [0.15, 0.2) is 18.9 Å². The molecule has 0 aromatic rings. The number of amidine groups is 1. The zero-order valence-electron chi connectivity index (χ0n) is 17.5. The summed E-state index contributed by atoms with van der Waals surface area (Å²) in [5, 5.41) is 18.3. The van der Waals surface area contributed by atoms with Crippen molar-refractivity contribution in [2.45, 2.75) is 71.1 Å². The van der Waals surface area contributed by atoms with Gasteiger partial charge in [-0.05, 0) is 6.42 Å². The number of aliphatic carboxylic acids is 2. The van der Waals surface area contributed by atoms with E-state index in [-0.39, 0.29) is 82.2 Å². The molecule has 0 aromatic heterocycles. The van der Waals surface area contributed by atoms with Crippen molar-refractivity contribution in [3.05, 3.63) is 0 Å². The number of nitrogens with zero attached hydrogens (tertiary/aromatic N) is 2. The number of carboxylic acids is 2. The smallest absolute Gasteiger partial charge is 0.870 e. The van der Waals surface area contributed by atoms with E-state index in [4.69, 9.17) is 10.2 Å². The molecule has 0 fully saturated rings. The maximum Gasteiger partial charge on any atom is 1.00 e. The summed E-state index contributed by atoms with van der Waals surface area (Å²) in [5.41, 5.74) is 0. The number of rotatable bonds is 14. The molecule has 0 aliphatic carbocycles. The fraction of sp³-hybridized carbons (Fsp3) is 0.833. The largest absolute Gasteiger partial charge is 1.00 e. The van der Waals surface area contributed by atoms with Crippen molar-refractivity contribution in [1.29, 1.82) is 0 Å². The van der Waals surface area contributed by atoms with Crippen molar-refractivity contribution < 1.29 is 88.9 Å². The second-order valence-corrected chi connectivity index (χ2v) is 6.85. The van der Waals surface area contributed by atoms with Crippen LogP contribution in [0, 0.1) is 0 Å². The van der Waals surface area contributed by atoms with Gasteiger partial charge in [-0.3, -0.25) is 4.48 Å². The van der Waals surface area contributed by atoms with Crippen LogP contribution < -0.4 is 59.1 Å². The molecule has 0 radical (unpaired) electrons. The van der Waals surface area contributed by atoms with Gasteiger partial charge in [-0.2, -0.15) is 0 Å². The zero-order valence-corrected chi connectivity index (χ0v) is 21.5. The summed E-state index contributed by atoms with van der Waals surface area (Å²) in [6.45, 7) is 2.89. The third-order valence-electron chi connectivity index (χ3n) is 4.75. The topological polar surface area (TPSA) is 117 Å². The minimum atomic E-state index is -0.960. The van der Waals surface area contributed by atoms with Crippen molar-refractivity contribution in [2.75, 3.05) is 26.2 Å². The summed E-state index contributed by atoms with van der Waals surface area (Å²) < 4.78 is 0.00167. The molecule has 3 N–H and O–H groups in total. The SMILES string of the molecule is CCCCCCCCCCCC1=NCC[N+]1(CC(=O)O)CC(=O)O.[Na+].[Na+].[OH-]. The Hall–Kier alpha value is 0.530. The van der Waals surface area contributed by atoms with Crippen molar-refractivity contribution in [1.82, 2.24) is 0 Å². The van der Waals surface area contributed by atoms with Crippen LogP contribution in [0.2, 0.25) is 0 Å². The van der Waals surface area contributed by atoms with Crippen LogP contribution in [0.3, 0.4) is 0 Å². The predicted molar refractivity (Wildman–Crippen MR) is 96.2 cm³/mol. The molecule has 0 atom stereocenters. The van der Waals surface area contributed by atoms with Gasteiger partial charge in [0.05, 0.1) is 6.54 Å². The van der Waals surface area contributed by atoms with Gasteiger partial charge < -0.3 is 15.7 Å².